The van der Waals surface area contributed by atoms with Crippen LogP contribution in [0.15, 0.2) is 35.2 Å². The predicted octanol–water partition coefficient (Wildman–Crippen LogP) is 4.17. The van der Waals surface area contributed by atoms with Gasteiger partial charge in [0.05, 0.1) is 26.2 Å². The van der Waals surface area contributed by atoms with Gasteiger partial charge in [0, 0.05) is 11.3 Å². The van der Waals surface area contributed by atoms with Crippen molar-refractivity contribution in [3.8, 4) is 0 Å². The second kappa shape index (κ2) is 5.89. The summed E-state index contributed by atoms with van der Waals surface area (Å²) in [4.78, 5) is 21.2. The average Bonchev–Trinajstić information content (AvgIpc) is 2.51. The minimum Gasteiger partial charge on any atom is -0.258 e. The third-order valence-electron chi connectivity index (χ3n) is 4.20. The van der Waals surface area contributed by atoms with Crippen molar-refractivity contribution in [2.24, 2.45) is 11.8 Å². The summed E-state index contributed by atoms with van der Waals surface area (Å²) in [6.45, 7) is 0. The Kier molecular flexibility index (Phi) is 4.10. The first kappa shape index (κ1) is 15.3. The molecule has 0 saturated heterocycles. The zero-order valence-corrected chi connectivity index (χ0v) is 13.0. The number of hydrogen-bond acceptors (Lipinski definition) is 5. The van der Waals surface area contributed by atoms with Gasteiger partial charge in [0.25, 0.3) is 11.4 Å². The minimum absolute atomic E-state index is 0.0607. The maximum Gasteiger partial charge on any atom is 0.289 e. The van der Waals surface area contributed by atoms with Crippen LogP contribution in [-0.2, 0) is 0 Å². The molecular weight excluding hydrogens is 328 g/mol. The van der Waals surface area contributed by atoms with Gasteiger partial charge in [-0.2, -0.15) is 0 Å². The van der Waals surface area contributed by atoms with Crippen LogP contribution < -0.4 is 0 Å². The summed E-state index contributed by atoms with van der Waals surface area (Å²) in [6.07, 6.45) is 6.35. The van der Waals surface area contributed by atoms with E-state index in [0.29, 0.717) is 16.7 Å². The molecule has 4 rings (SSSR count). The van der Waals surface area contributed by atoms with Crippen LogP contribution in [0.1, 0.15) is 12.8 Å². The summed E-state index contributed by atoms with van der Waals surface area (Å²) in [5, 5.41) is 22.0. The van der Waals surface area contributed by atoms with Crippen LogP contribution in [0.5, 0.6) is 0 Å². The van der Waals surface area contributed by atoms with Crippen molar-refractivity contribution < 1.29 is 9.85 Å². The van der Waals surface area contributed by atoms with Gasteiger partial charge in [-0.05, 0) is 30.7 Å². The molecule has 4 atom stereocenters. The molecule has 0 unspecified atom stereocenters. The van der Waals surface area contributed by atoms with Gasteiger partial charge in [0.2, 0.25) is 0 Å². The molecule has 22 heavy (non-hydrogen) atoms. The molecule has 0 radical (unpaired) electrons. The molecule has 6 nitrogen and oxygen atoms in total. The zero-order chi connectivity index (χ0) is 15.9. The number of nitrogens with zero attached hydrogens (tertiary/aromatic N) is 2. The number of non-ortho nitro benzene ring substituents is 1. The molecule has 1 aromatic carbocycles. The molecular formula is C14H13ClN2O4S. The van der Waals surface area contributed by atoms with E-state index in [1.807, 2.05) is 0 Å². The van der Waals surface area contributed by atoms with Gasteiger partial charge in [-0.3, -0.25) is 20.2 Å². The molecule has 2 bridgehead atoms. The summed E-state index contributed by atoms with van der Waals surface area (Å²) in [5.74, 6) is 0.605. The van der Waals surface area contributed by atoms with E-state index in [-0.39, 0.29) is 22.0 Å². The summed E-state index contributed by atoms with van der Waals surface area (Å²) in [6, 6.07) is 3.77. The Morgan fingerprint density at radius 1 is 1.09 bits per heavy atom. The monoisotopic (exact) mass is 340 g/mol. The van der Waals surface area contributed by atoms with Crippen molar-refractivity contribution in [1.82, 2.24) is 0 Å². The number of hydrogen-bond donors (Lipinski definition) is 0. The Bertz CT molecular complexity index is 666. The van der Waals surface area contributed by atoms with Gasteiger partial charge in [-0.25, -0.2) is 0 Å². The summed E-state index contributed by atoms with van der Waals surface area (Å²) < 4.78 is 0. The molecule has 0 amide bonds. The van der Waals surface area contributed by atoms with Crippen molar-refractivity contribution in [2.45, 2.75) is 28.4 Å². The highest BCUT2D eigenvalue weighted by atomic mass is 35.5. The lowest BCUT2D eigenvalue weighted by atomic mass is 9.75. The normalized spacial score (nSPS) is 29.5. The number of rotatable bonds is 4. The minimum atomic E-state index is -0.628. The van der Waals surface area contributed by atoms with Gasteiger partial charge in [-0.15, -0.1) is 23.4 Å². The van der Waals surface area contributed by atoms with Gasteiger partial charge in [0.15, 0.2) is 0 Å². The number of thioether (sulfide) groups is 1. The maximum absolute atomic E-state index is 11.2. The Hall–Kier alpha value is -1.60. The van der Waals surface area contributed by atoms with Crippen LogP contribution in [0.4, 0.5) is 11.4 Å². The molecule has 1 saturated carbocycles. The SMILES string of the molecule is O=[N+]([O-])c1ccc(S[C@@H]2[C@@H](Cl)[C@H]3C=C[C@H]2CC3)c([N+](=O)[O-])c1. The molecule has 0 N–H and O–H groups in total. The average molecular weight is 341 g/mol. The van der Waals surface area contributed by atoms with Crippen LogP contribution in [0.2, 0.25) is 0 Å². The Morgan fingerprint density at radius 3 is 2.32 bits per heavy atom. The Morgan fingerprint density at radius 2 is 1.77 bits per heavy atom. The number of alkyl halides is 1. The summed E-state index contributed by atoms with van der Waals surface area (Å²) in [5.41, 5.74) is -0.503. The van der Waals surface area contributed by atoms with E-state index in [9.17, 15) is 20.2 Å². The van der Waals surface area contributed by atoms with Crippen molar-refractivity contribution >= 4 is 34.7 Å². The molecule has 8 heteroatoms. The standard InChI is InChI=1S/C14H13ClN2O4S/c15-13-8-1-3-9(4-2-8)14(13)22-12-6-5-10(16(18)19)7-11(12)17(20)21/h1,3,5-9,13-14H,2,4H2/t8-,9-,13-,14-/m0/s1. The van der Waals surface area contributed by atoms with Crippen molar-refractivity contribution in [3.63, 3.8) is 0 Å². The van der Waals surface area contributed by atoms with Crippen molar-refractivity contribution in [1.29, 1.82) is 0 Å². The second-order valence-corrected chi connectivity index (χ2v) is 7.21. The smallest absolute Gasteiger partial charge is 0.258 e. The van der Waals surface area contributed by atoms with E-state index < -0.39 is 9.85 Å². The van der Waals surface area contributed by atoms with E-state index in [0.717, 1.165) is 18.9 Å². The third-order valence-corrected chi connectivity index (χ3v) is 6.46. The van der Waals surface area contributed by atoms with Gasteiger partial charge in [-0.1, -0.05) is 12.2 Å². The highest BCUT2D eigenvalue weighted by Crippen LogP contribution is 2.48. The largest absolute Gasteiger partial charge is 0.289 e. The van der Waals surface area contributed by atoms with Gasteiger partial charge < -0.3 is 0 Å². The van der Waals surface area contributed by atoms with Gasteiger partial charge in [0.1, 0.15) is 0 Å². The van der Waals surface area contributed by atoms with Crippen molar-refractivity contribution in [2.75, 3.05) is 0 Å². The van der Waals surface area contributed by atoms with E-state index in [1.54, 1.807) is 0 Å². The molecule has 0 heterocycles. The van der Waals surface area contributed by atoms with Crippen LogP contribution in [0.3, 0.4) is 0 Å². The second-order valence-electron chi connectivity index (χ2n) is 5.48. The molecule has 0 spiro atoms. The maximum atomic E-state index is 11.2. The number of allylic oxidation sites excluding steroid dienone is 2. The van der Waals surface area contributed by atoms with Gasteiger partial charge >= 0.3 is 0 Å². The summed E-state index contributed by atoms with van der Waals surface area (Å²) in [7, 11) is 0. The molecule has 116 valence electrons. The van der Waals surface area contributed by atoms with E-state index >= 15 is 0 Å². The van der Waals surface area contributed by atoms with E-state index in [2.05, 4.69) is 12.2 Å². The highest BCUT2D eigenvalue weighted by molar-refractivity contribution is 8.00. The lowest BCUT2D eigenvalue weighted by Crippen LogP contribution is -2.39. The molecule has 1 fully saturated rings. The molecule has 0 aliphatic heterocycles. The molecule has 3 aliphatic carbocycles. The quantitative estimate of drug-likeness (QED) is 0.355. The first-order chi connectivity index (χ1) is 10.5. The number of nitro benzene ring substituents is 2. The molecule has 3 aliphatic rings. The van der Waals surface area contributed by atoms with Crippen LogP contribution in [-0.4, -0.2) is 20.5 Å². The fourth-order valence-corrected chi connectivity index (χ4v) is 5.02. The van der Waals surface area contributed by atoms with Crippen LogP contribution >= 0.6 is 23.4 Å². The first-order valence-corrected chi connectivity index (χ1v) is 8.21. The van der Waals surface area contributed by atoms with E-state index in [4.69, 9.17) is 11.6 Å². The first-order valence-electron chi connectivity index (χ1n) is 6.89. The fraction of sp³-hybridized carbons (Fsp3) is 0.429. The Balaban J connectivity index is 1.90. The van der Waals surface area contributed by atoms with E-state index in [1.165, 1.54) is 23.9 Å². The predicted molar refractivity (Wildman–Crippen MR) is 84.4 cm³/mol. The number of nitro groups is 2. The number of halogens is 1. The highest BCUT2D eigenvalue weighted by Gasteiger charge is 2.41. The molecule has 1 aromatic rings. The Labute approximate surface area is 135 Å². The molecule has 0 aromatic heterocycles. The zero-order valence-electron chi connectivity index (χ0n) is 11.4. The summed E-state index contributed by atoms with van der Waals surface area (Å²) >= 11 is 7.86. The number of benzene rings is 1. The van der Waals surface area contributed by atoms with Crippen LogP contribution in [0, 0.1) is 32.1 Å². The fourth-order valence-electron chi connectivity index (χ4n) is 3.04. The lowest BCUT2D eigenvalue weighted by molar-refractivity contribution is -0.396. The van der Waals surface area contributed by atoms with Crippen molar-refractivity contribution in [3.05, 3.63) is 50.6 Å². The third kappa shape index (κ3) is 2.70. The van der Waals surface area contributed by atoms with Crippen LogP contribution in [0.25, 0.3) is 0 Å². The lowest BCUT2D eigenvalue weighted by Gasteiger charge is -2.41. The number of fused-ring (bicyclic) bond motifs is 2. The topological polar surface area (TPSA) is 86.3 Å².